The SMILES string of the molecule is COC(=O)N1C(=O)[C@@H]2[C@@H](CC(C(C)C)=C3[C@@H](CC/C(C)=C/c4ccc(O)c(F)c4)OB(O)C[C@@H]32)C1=O. The standard InChI is InChI=1S/C26H31BFNO7/c1-13(2)16-11-17-23(25(32)29(24(17)31)26(33)35-4)18-12-27(34)36-21(22(16)18)8-5-14(3)9-15-6-7-20(30)19(28)10-15/h6-7,9-10,13,17-18,21,23,30,34H,5,8,11-12H2,1-4H3/b14-9+/t17-,18+,21-,23-/m1/s1. The van der Waals surface area contributed by atoms with Gasteiger partial charge in [-0.05, 0) is 67.6 Å². The number of phenolic OH excluding ortho intramolecular Hbond substituents is 1. The number of rotatable bonds is 5. The zero-order chi connectivity index (χ0) is 26.3. The van der Waals surface area contributed by atoms with Crippen molar-refractivity contribution in [2.45, 2.75) is 52.5 Å². The third kappa shape index (κ3) is 4.71. The number of ether oxygens (including phenoxy) is 1. The summed E-state index contributed by atoms with van der Waals surface area (Å²) in [4.78, 5) is 39.0. The number of halogens is 1. The maximum absolute atomic E-state index is 13.7. The molecule has 36 heavy (non-hydrogen) atoms. The number of carbonyl (C=O) groups is 3. The Kier molecular flexibility index (Phi) is 7.38. The number of nitrogens with zero attached hydrogens (tertiary/aromatic N) is 1. The average Bonchev–Trinajstić information content (AvgIpc) is 3.08. The topological polar surface area (TPSA) is 113 Å². The van der Waals surface area contributed by atoms with Crippen molar-refractivity contribution >= 4 is 31.1 Å². The molecule has 3 aliphatic rings. The van der Waals surface area contributed by atoms with Gasteiger partial charge in [-0.1, -0.05) is 37.1 Å². The molecule has 0 spiro atoms. The minimum atomic E-state index is -1.11. The molecule has 2 aliphatic heterocycles. The molecule has 1 aromatic carbocycles. The van der Waals surface area contributed by atoms with Crippen molar-refractivity contribution in [1.82, 2.24) is 4.90 Å². The number of likely N-dealkylation sites (tertiary alicyclic amines) is 1. The number of phenols is 1. The predicted molar refractivity (Wildman–Crippen MR) is 130 cm³/mol. The minimum Gasteiger partial charge on any atom is -0.505 e. The van der Waals surface area contributed by atoms with Gasteiger partial charge in [0.1, 0.15) is 0 Å². The molecule has 2 saturated heterocycles. The Morgan fingerprint density at radius 3 is 2.67 bits per heavy atom. The molecule has 0 radical (unpaired) electrons. The number of hydrogen-bond acceptors (Lipinski definition) is 7. The van der Waals surface area contributed by atoms with E-state index in [-0.39, 0.29) is 12.2 Å². The Morgan fingerprint density at radius 2 is 2.03 bits per heavy atom. The number of fused-ring (bicyclic) bond motifs is 3. The van der Waals surface area contributed by atoms with Gasteiger partial charge < -0.3 is 19.5 Å². The van der Waals surface area contributed by atoms with E-state index in [1.807, 2.05) is 26.8 Å². The van der Waals surface area contributed by atoms with Gasteiger partial charge in [-0.3, -0.25) is 9.59 Å². The molecule has 0 aromatic heterocycles. The van der Waals surface area contributed by atoms with Crippen LogP contribution in [0.1, 0.15) is 45.6 Å². The molecule has 2 heterocycles. The number of benzene rings is 1. The van der Waals surface area contributed by atoms with Crippen LogP contribution in [0.25, 0.3) is 6.08 Å². The number of carbonyl (C=O) groups excluding carboxylic acids is 3. The van der Waals surface area contributed by atoms with Crippen LogP contribution >= 0.6 is 0 Å². The molecular weight excluding hydrogens is 468 g/mol. The van der Waals surface area contributed by atoms with Crippen LogP contribution in [0.3, 0.4) is 0 Å². The van der Waals surface area contributed by atoms with E-state index in [4.69, 9.17) is 4.65 Å². The molecule has 4 atom stereocenters. The smallest absolute Gasteiger partial charge is 0.455 e. The molecule has 0 unspecified atom stereocenters. The number of aromatic hydroxyl groups is 1. The fourth-order valence-corrected chi connectivity index (χ4v) is 5.85. The van der Waals surface area contributed by atoms with Gasteiger partial charge in [0.05, 0.1) is 25.0 Å². The summed E-state index contributed by atoms with van der Waals surface area (Å²) in [5.74, 6) is -3.99. The van der Waals surface area contributed by atoms with Crippen molar-refractivity contribution in [1.29, 1.82) is 0 Å². The summed E-state index contributed by atoms with van der Waals surface area (Å²) in [5.41, 5.74) is 3.52. The summed E-state index contributed by atoms with van der Waals surface area (Å²) < 4.78 is 24.3. The lowest BCUT2D eigenvalue weighted by Crippen LogP contribution is -2.46. The zero-order valence-electron chi connectivity index (χ0n) is 20.9. The number of imide groups is 3. The van der Waals surface area contributed by atoms with E-state index in [0.717, 1.165) is 23.8 Å². The molecule has 0 saturated carbocycles. The quantitative estimate of drug-likeness (QED) is 0.359. The highest BCUT2D eigenvalue weighted by Gasteiger charge is 2.59. The lowest BCUT2D eigenvalue weighted by atomic mass is 9.57. The molecule has 3 amide bonds. The first kappa shape index (κ1) is 26.1. The predicted octanol–water partition coefficient (Wildman–Crippen LogP) is 3.93. The van der Waals surface area contributed by atoms with Crippen LogP contribution in [0.2, 0.25) is 6.32 Å². The first-order valence-corrected chi connectivity index (χ1v) is 12.2. The summed E-state index contributed by atoms with van der Waals surface area (Å²) >= 11 is 0. The second kappa shape index (κ2) is 10.2. The van der Waals surface area contributed by atoms with Gasteiger partial charge in [0.15, 0.2) is 11.6 Å². The van der Waals surface area contributed by atoms with E-state index in [1.54, 1.807) is 6.07 Å². The average molecular weight is 499 g/mol. The Bertz CT molecular complexity index is 1150. The van der Waals surface area contributed by atoms with Crippen LogP contribution in [-0.2, 0) is 19.0 Å². The van der Waals surface area contributed by atoms with Crippen molar-refractivity contribution in [3.8, 4) is 5.75 Å². The van der Waals surface area contributed by atoms with E-state index in [2.05, 4.69) is 4.74 Å². The van der Waals surface area contributed by atoms with Crippen molar-refractivity contribution in [2.75, 3.05) is 7.11 Å². The Hall–Kier alpha value is -2.98. The maximum atomic E-state index is 13.7. The van der Waals surface area contributed by atoms with E-state index in [0.29, 0.717) is 29.7 Å². The normalized spacial score (nSPS) is 26.5. The van der Waals surface area contributed by atoms with Crippen LogP contribution < -0.4 is 0 Å². The van der Waals surface area contributed by atoms with Gasteiger partial charge in [-0.15, -0.1) is 0 Å². The molecule has 1 aromatic rings. The molecule has 1 aliphatic carbocycles. The third-order valence-corrected chi connectivity index (χ3v) is 7.48. The maximum Gasteiger partial charge on any atom is 0.455 e. The summed E-state index contributed by atoms with van der Waals surface area (Å²) in [6.45, 7) is 5.95. The zero-order valence-corrected chi connectivity index (χ0v) is 20.9. The van der Waals surface area contributed by atoms with Gasteiger partial charge in [0, 0.05) is 0 Å². The highest BCUT2D eigenvalue weighted by Crippen LogP contribution is 2.52. The third-order valence-electron chi connectivity index (χ3n) is 7.48. The Morgan fingerprint density at radius 1 is 1.31 bits per heavy atom. The number of amides is 3. The van der Waals surface area contributed by atoms with Gasteiger partial charge in [-0.2, -0.15) is 4.90 Å². The summed E-state index contributed by atoms with van der Waals surface area (Å²) in [6.07, 6.45) is 1.98. The van der Waals surface area contributed by atoms with E-state index in [1.165, 1.54) is 12.1 Å². The summed E-state index contributed by atoms with van der Waals surface area (Å²) in [7, 11) is 0.0199. The van der Waals surface area contributed by atoms with Crippen molar-refractivity contribution < 1.29 is 38.3 Å². The second-order valence-corrected chi connectivity index (χ2v) is 10.1. The summed E-state index contributed by atoms with van der Waals surface area (Å²) in [5, 5.41) is 20.0. The number of allylic oxidation sites excluding steroid dienone is 2. The van der Waals surface area contributed by atoms with Crippen LogP contribution in [0.4, 0.5) is 9.18 Å². The fraction of sp³-hybridized carbons (Fsp3) is 0.500. The van der Waals surface area contributed by atoms with Gasteiger partial charge in [0.2, 0.25) is 11.8 Å². The van der Waals surface area contributed by atoms with Crippen LogP contribution in [-0.4, -0.2) is 53.3 Å². The Balaban J connectivity index is 1.62. The molecule has 4 rings (SSSR count). The van der Waals surface area contributed by atoms with Gasteiger partial charge >= 0.3 is 13.2 Å². The van der Waals surface area contributed by atoms with Crippen molar-refractivity contribution in [3.05, 3.63) is 46.3 Å². The fourth-order valence-electron chi connectivity index (χ4n) is 5.85. The number of hydrogen-bond donors (Lipinski definition) is 2. The van der Waals surface area contributed by atoms with Gasteiger partial charge in [-0.25, -0.2) is 9.18 Å². The molecule has 2 N–H and O–H groups in total. The first-order chi connectivity index (χ1) is 17.0. The van der Waals surface area contributed by atoms with Crippen molar-refractivity contribution in [3.63, 3.8) is 0 Å². The monoisotopic (exact) mass is 499 g/mol. The van der Waals surface area contributed by atoms with Crippen molar-refractivity contribution in [2.24, 2.45) is 23.7 Å². The molecule has 8 nitrogen and oxygen atoms in total. The highest BCUT2D eigenvalue weighted by molar-refractivity contribution is 6.43. The van der Waals surface area contributed by atoms with E-state index < -0.39 is 60.5 Å². The lowest BCUT2D eigenvalue weighted by molar-refractivity contribution is -0.137. The molecular formula is C26H31BFNO7. The van der Waals surface area contributed by atoms with Gasteiger partial charge in [0.25, 0.3) is 0 Å². The van der Waals surface area contributed by atoms with Crippen LogP contribution in [0.15, 0.2) is 34.9 Å². The Labute approximate surface area is 209 Å². The minimum absolute atomic E-state index is 0.0801. The lowest BCUT2D eigenvalue weighted by Gasteiger charge is -2.44. The first-order valence-electron chi connectivity index (χ1n) is 12.2. The molecule has 2 fully saturated rings. The number of methoxy groups -OCH3 is 1. The molecule has 10 heteroatoms. The largest absolute Gasteiger partial charge is 0.505 e. The highest BCUT2D eigenvalue weighted by atomic mass is 19.1. The summed E-state index contributed by atoms with van der Waals surface area (Å²) in [6, 6.07) is 4.18. The van der Waals surface area contributed by atoms with E-state index >= 15 is 0 Å². The molecule has 0 bridgehead atoms. The van der Waals surface area contributed by atoms with Crippen LogP contribution in [0, 0.1) is 29.5 Å². The second-order valence-electron chi connectivity index (χ2n) is 10.1. The van der Waals surface area contributed by atoms with Crippen LogP contribution in [0.5, 0.6) is 5.75 Å². The molecule has 192 valence electrons. The van der Waals surface area contributed by atoms with E-state index in [9.17, 15) is 28.9 Å².